The van der Waals surface area contributed by atoms with E-state index < -0.39 is 0 Å². The number of amides is 1. The van der Waals surface area contributed by atoms with E-state index in [0.717, 1.165) is 0 Å². The van der Waals surface area contributed by atoms with Gasteiger partial charge in [-0.15, -0.1) is 0 Å². The zero-order chi connectivity index (χ0) is 8.81. The van der Waals surface area contributed by atoms with E-state index in [1.807, 2.05) is 0 Å². The van der Waals surface area contributed by atoms with Crippen molar-refractivity contribution in [3.8, 4) is 0 Å². The maximum absolute atomic E-state index is 11.1. The Balaban J connectivity index is 2.66. The van der Waals surface area contributed by atoms with Gasteiger partial charge in [0.1, 0.15) is 0 Å². The van der Waals surface area contributed by atoms with E-state index in [1.54, 1.807) is 25.3 Å². The minimum absolute atomic E-state index is 0.249. The Bertz CT molecular complexity index is 282. The van der Waals surface area contributed by atoms with E-state index in [0.29, 0.717) is 5.56 Å². The number of aromatic nitrogens is 1. The number of hydrogen-bond donors (Lipinski definition) is 1. The lowest BCUT2D eigenvalue weighted by Gasteiger charge is -1.96. The summed E-state index contributed by atoms with van der Waals surface area (Å²) in [4.78, 5) is 14.9. The first-order chi connectivity index (χ1) is 5.84. The molecule has 0 aliphatic heterocycles. The van der Waals surface area contributed by atoms with Gasteiger partial charge in [0.05, 0.1) is 5.56 Å². The second kappa shape index (κ2) is 4.23. The smallest absolute Gasteiger partial charge is 0.267 e. The summed E-state index contributed by atoms with van der Waals surface area (Å²) in [5, 5.41) is 3.60. The van der Waals surface area contributed by atoms with Crippen LogP contribution in [0.25, 0.3) is 0 Å². The highest BCUT2D eigenvalue weighted by Crippen LogP contribution is 1.93. The average Bonchev–Trinajstić information content (AvgIpc) is 2.15. The second-order valence-corrected chi connectivity index (χ2v) is 2.07. The molecule has 0 spiro atoms. The van der Waals surface area contributed by atoms with Crippen LogP contribution in [0, 0.1) is 0 Å². The van der Waals surface area contributed by atoms with Crippen molar-refractivity contribution in [2.24, 2.45) is 5.10 Å². The quantitative estimate of drug-likeness (QED) is 0.518. The first-order valence-electron chi connectivity index (χ1n) is 3.52. The lowest BCUT2D eigenvalue weighted by molar-refractivity contribution is 0.0954. The van der Waals surface area contributed by atoms with E-state index in [2.05, 4.69) is 15.5 Å². The molecule has 1 rings (SSSR count). The summed E-state index contributed by atoms with van der Waals surface area (Å²) in [6.07, 6.45) is 4.61. The fourth-order valence-corrected chi connectivity index (χ4v) is 0.685. The van der Waals surface area contributed by atoms with E-state index in [1.165, 1.54) is 12.4 Å². The highest BCUT2D eigenvalue weighted by Gasteiger charge is 2.01. The van der Waals surface area contributed by atoms with Crippen molar-refractivity contribution in [2.45, 2.75) is 6.92 Å². The van der Waals surface area contributed by atoms with Gasteiger partial charge in [-0.05, 0) is 19.1 Å². The SMILES string of the molecule is CC=NNC(=O)c1cccnc1. The average molecular weight is 163 g/mol. The van der Waals surface area contributed by atoms with Gasteiger partial charge in [-0.3, -0.25) is 9.78 Å². The molecule has 0 fully saturated rings. The molecule has 4 nitrogen and oxygen atoms in total. The van der Waals surface area contributed by atoms with Crippen LogP contribution in [0.1, 0.15) is 17.3 Å². The van der Waals surface area contributed by atoms with Crippen molar-refractivity contribution in [3.63, 3.8) is 0 Å². The van der Waals surface area contributed by atoms with Crippen LogP contribution in [0.5, 0.6) is 0 Å². The second-order valence-electron chi connectivity index (χ2n) is 2.07. The molecule has 62 valence electrons. The molecule has 0 bridgehead atoms. The summed E-state index contributed by atoms with van der Waals surface area (Å²) in [5.41, 5.74) is 2.84. The molecule has 0 aromatic carbocycles. The molecular weight excluding hydrogens is 154 g/mol. The lowest BCUT2D eigenvalue weighted by atomic mass is 10.3. The predicted molar refractivity (Wildman–Crippen MR) is 45.9 cm³/mol. The summed E-state index contributed by atoms with van der Waals surface area (Å²) >= 11 is 0. The first kappa shape index (κ1) is 8.39. The number of hydrazone groups is 1. The Hall–Kier alpha value is -1.71. The molecule has 1 aromatic heterocycles. The third-order valence-electron chi connectivity index (χ3n) is 1.22. The maximum Gasteiger partial charge on any atom is 0.272 e. The van der Waals surface area contributed by atoms with Crippen molar-refractivity contribution in [3.05, 3.63) is 30.1 Å². The predicted octanol–water partition coefficient (Wildman–Crippen LogP) is 0.817. The first-order valence-corrected chi connectivity index (χ1v) is 3.52. The Morgan fingerprint density at radius 1 is 1.75 bits per heavy atom. The molecule has 4 heteroatoms. The van der Waals surface area contributed by atoms with Gasteiger partial charge in [0.25, 0.3) is 5.91 Å². The van der Waals surface area contributed by atoms with Gasteiger partial charge in [0, 0.05) is 18.6 Å². The fourth-order valence-electron chi connectivity index (χ4n) is 0.685. The lowest BCUT2D eigenvalue weighted by Crippen LogP contribution is -2.17. The fraction of sp³-hybridized carbons (Fsp3) is 0.125. The van der Waals surface area contributed by atoms with Crippen molar-refractivity contribution >= 4 is 12.1 Å². The molecule has 0 saturated carbocycles. The molecule has 0 unspecified atom stereocenters. The van der Waals surface area contributed by atoms with Crippen LogP contribution >= 0.6 is 0 Å². The van der Waals surface area contributed by atoms with E-state index >= 15 is 0 Å². The number of pyridine rings is 1. The molecule has 1 heterocycles. The summed E-state index contributed by atoms with van der Waals surface area (Å²) in [7, 11) is 0. The third kappa shape index (κ3) is 2.16. The van der Waals surface area contributed by atoms with Crippen molar-refractivity contribution in [1.82, 2.24) is 10.4 Å². The molecule has 0 atom stereocenters. The number of rotatable bonds is 2. The number of carbonyl (C=O) groups is 1. The highest BCUT2D eigenvalue weighted by atomic mass is 16.2. The van der Waals surface area contributed by atoms with Gasteiger partial charge in [0.15, 0.2) is 0 Å². The Morgan fingerprint density at radius 2 is 2.58 bits per heavy atom. The zero-order valence-corrected chi connectivity index (χ0v) is 6.69. The Kier molecular flexibility index (Phi) is 2.95. The summed E-state index contributed by atoms with van der Waals surface area (Å²) in [6, 6.07) is 3.37. The van der Waals surface area contributed by atoms with Gasteiger partial charge >= 0.3 is 0 Å². The summed E-state index contributed by atoms with van der Waals surface area (Å²) < 4.78 is 0. The van der Waals surface area contributed by atoms with Crippen LogP contribution in [-0.2, 0) is 0 Å². The largest absolute Gasteiger partial charge is 0.272 e. The van der Waals surface area contributed by atoms with Crippen LogP contribution in [0.3, 0.4) is 0 Å². The van der Waals surface area contributed by atoms with Crippen LogP contribution in [0.4, 0.5) is 0 Å². The number of nitrogens with one attached hydrogen (secondary N) is 1. The van der Waals surface area contributed by atoms with Crippen LogP contribution in [0.2, 0.25) is 0 Å². The molecule has 12 heavy (non-hydrogen) atoms. The molecule has 0 aliphatic carbocycles. The number of nitrogens with zero attached hydrogens (tertiary/aromatic N) is 2. The molecule has 1 N–H and O–H groups in total. The van der Waals surface area contributed by atoms with Crippen LogP contribution < -0.4 is 5.43 Å². The Morgan fingerprint density at radius 3 is 3.17 bits per heavy atom. The molecule has 0 radical (unpaired) electrons. The summed E-state index contributed by atoms with van der Waals surface area (Å²) in [5.74, 6) is -0.249. The number of hydrogen-bond acceptors (Lipinski definition) is 3. The van der Waals surface area contributed by atoms with E-state index in [4.69, 9.17) is 0 Å². The van der Waals surface area contributed by atoms with E-state index in [9.17, 15) is 4.79 Å². The molecular formula is C8H9N3O. The van der Waals surface area contributed by atoms with Gasteiger partial charge in [0.2, 0.25) is 0 Å². The molecule has 1 aromatic rings. The van der Waals surface area contributed by atoms with Crippen molar-refractivity contribution < 1.29 is 4.79 Å². The van der Waals surface area contributed by atoms with Crippen molar-refractivity contribution in [1.29, 1.82) is 0 Å². The topological polar surface area (TPSA) is 54.4 Å². The summed E-state index contributed by atoms with van der Waals surface area (Å²) in [6.45, 7) is 1.73. The van der Waals surface area contributed by atoms with Gasteiger partial charge in [-0.25, -0.2) is 5.43 Å². The number of carbonyl (C=O) groups excluding carboxylic acids is 1. The minimum Gasteiger partial charge on any atom is -0.267 e. The minimum atomic E-state index is -0.249. The van der Waals surface area contributed by atoms with E-state index in [-0.39, 0.29) is 5.91 Å². The standard InChI is InChI=1S/C8H9N3O/c1-2-10-11-8(12)7-4-3-5-9-6-7/h2-6H,1H3,(H,11,12). The Labute approximate surface area is 70.3 Å². The van der Waals surface area contributed by atoms with Gasteiger partial charge in [-0.1, -0.05) is 0 Å². The third-order valence-corrected chi connectivity index (χ3v) is 1.22. The maximum atomic E-state index is 11.1. The van der Waals surface area contributed by atoms with Crippen LogP contribution in [-0.4, -0.2) is 17.1 Å². The monoisotopic (exact) mass is 163 g/mol. The molecule has 1 amide bonds. The van der Waals surface area contributed by atoms with Gasteiger partial charge in [-0.2, -0.15) is 5.10 Å². The highest BCUT2D eigenvalue weighted by molar-refractivity contribution is 5.93. The zero-order valence-electron chi connectivity index (χ0n) is 6.69. The molecule has 0 saturated heterocycles. The molecule has 0 aliphatic rings. The normalized spacial score (nSPS) is 10.1. The van der Waals surface area contributed by atoms with Crippen LogP contribution in [0.15, 0.2) is 29.6 Å². The van der Waals surface area contributed by atoms with Crippen molar-refractivity contribution in [2.75, 3.05) is 0 Å². The van der Waals surface area contributed by atoms with Gasteiger partial charge < -0.3 is 0 Å².